The highest BCUT2D eigenvalue weighted by Gasteiger charge is 2.24. The Hall–Kier alpha value is -1.48. The molecule has 0 atom stereocenters. The zero-order chi connectivity index (χ0) is 11.8. The molecule has 84 valence electrons. The van der Waals surface area contributed by atoms with Crippen molar-refractivity contribution in [2.75, 3.05) is 5.73 Å². The number of anilines is 1. The number of rotatable bonds is 2. The van der Waals surface area contributed by atoms with Crippen molar-refractivity contribution < 1.29 is 22.3 Å². The van der Waals surface area contributed by atoms with Gasteiger partial charge in [0.2, 0.25) is 10.0 Å². The summed E-state index contributed by atoms with van der Waals surface area (Å²) in [6.07, 6.45) is -2.50. The van der Waals surface area contributed by atoms with Crippen LogP contribution in [0.5, 0.6) is 5.75 Å². The van der Waals surface area contributed by atoms with Gasteiger partial charge in [0, 0.05) is 0 Å². The lowest BCUT2D eigenvalue weighted by atomic mass is 10.3. The molecule has 1 rings (SSSR count). The Morgan fingerprint density at radius 2 is 2.00 bits per heavy atom. The van der Waals surface area contributed by atoms with E-state index >= 15 is 0 Å². The van der Waals surface area contributed by atoms with E-state index < -0.39 is 38.5 Å². The zero-order valence-electron chi connectivity index (χ0n) is 7.18. The number of aromatic hydroxyl groups is 1. The summed E-state index contributed by atoms with van der Waals surface area (Å²) in [7, 11) is -4.37. The van der Waals surface area contributed by atoms with Crippen molar-refractivity contribution in [2.45, 2.75) is 11.3 Å². The molecule has 5 N–H and O–H groups in total. The van der Waals surface area contributed by atoms with Crippen LogP contribution < -0.4 is 10.9 Å². The van der Waals surface area contributed by atoms with Crippen LogP contribution in [0.3, 0.4) is 0 Å². The molecule has 0 unspecified atom stereocenters. The summed E-state index contributed by atoms with van der Waals surface area (Å²) in [4.78, 5) is 2.17. The first kappa shape index (κ1) is 11.6. The largest absolute Gasteiger partial charge is 0.505 e. The number of hydrogen-bond donors (Lipinski definition) is 3. The van der Waals surface area contributed by atoms with Gasteiger partial charge in [0.15, 0.2) is 5.75 Å². The molecule has 0 spiro atoms. The van der Waals surface area contributed by atoms with Gasteiger partial charge in [0.1, 0.15) is 10.6 Å². The molecule has 0 fully saturated rings. The van der Waals surface area contributed by atoms with Gasteiger partial charge in [0.05, 0.1) is 11.9 Å². The first-order chi connectivity index (χ1) is 6.75. The average Bonchev–Trinajstić information content (AvgIpc) is 2.00. The van der Waals surface area contributed by atoms with Crippen LogP contribution in [-0.2, 0) is 10.0 Å². The Bertz CT molecular complexity index is 489. The highest BCUT2D eigenvalue weighted by molar-refractivity contribution is 7.89. The molecule has 1 aromatic heterocycles. The molecule has 0 aliphatic heterocycles. The van der Waals surface area contributed by atoms with Gasteiger partial charge in [-0.05, 0) is 0 Å². The molecule has 0 saturated carbocycles. The smallest absolute Gasteiger partial charge is 0.282 e. The highest BCUT2D eigenvalue weighted by atomic mass is 32.2. The molecular formula is C6H7F2N3O3S. The van der Waals surface area contributed by atoms with Crippen molar-refractivity contribution in [1.82, 2.24) is 4.98 Å². The second kappa shape index (κ2) is 3.59. The van der Waals surface area contributed by atoms with Gasteiger partial charge in [-0.25, -0.2) is 27.3 Å². The van der Waals surface area contributed by atoms with Crippen LogP contribution in [0.15, 0.2) is 11.1 Å². The molecule has 0 saturated heterocycles. The maximum absolute atomic E-state index is 12.3. The first-order valence-electron chi connectivity index (χ1n) is 3.53. The summed E-state index contributed by atoms with van der Waals surface area (Å²) in [5.74, 6) is -0.862. The van der Waals surface area contributed by atoms with Crippen LogP contribution in [0.1, 0.15) is 12.1 Å². The average molecular weight is 239 g/mol. The lowest BCUT2D eigenvalue weighted by Crippen LogP contribution is -2.16. The van der Waals surface area contributed by atoms with Gasteiger partial charge < -0.3 is 10.8 Å². The van der Waals surface area contributed by atoms with Gasteiger partial charge in [-0.2, -0.15) is 0 Å². The minimum absolute atomic E-state index is 0.553. The van der Waals surface area contributed by atoms with Crippen LogP contribution >= 0.6 is 0 Å². The molecule has 0 bridgehead atoms. The van der Waals surface area contributed by atoms with Gasteiger partial charge in [0.25, 0.3) is 6.43 Å². The molecule has 1 heterocycles. The van der Waals surface area contributed by atoms with Crippen LogP contribution in [0.25, 0.3) is 0 Å². The van der Waals surface area contributed by atoms with Crippen molar-refractivity contribution in [3.63, 3.8) is 0 Å². The van der Waals surface area contributed by atoms with E-state index in [0.717, 1.165) is 0 Å². The normalized spacial score (nSPS) is 12.0. The zero-order valence-corrected chi connectivity index (χ0v) is 8.00. The third-order valence-corrected chi connectivity index (χ3v) is 2.57. The van der Waals surface area contributed by atoms with Crippen LogP contribution in [0.4, 0.5) is 14.5 Å². The number of nitrogen functional groups attached to an aromatic ring is 1. The fraction of sp³-hybridized carbons (Fsp3) is 0.167. The van der Waals surface area contributed by atoms with Crippen molar-refractivity contribution in [3.05, 3.63) is 11.9 Å². The topological polar surface area (TPSA) is 119 Å². The maximum atomic E-state index is 12.3. The van der Waals surface area contributed by atoms with E-state index in [-0.39, 0.29) is 0 Å². The van der Waals surface area contributed by atoms with E-state index in [1.165, 1.54) is 0 Å². The van der Waals surface area contributed by atoms with Gasteiger partial charge >= 0.3 is 0 Å². The minimum Gasteiger partial charge on any atom is -0.505 e. The Balaban J connectivity index is 3.59. The summed E-state index contributed by atoms with van der Waals surface area (Å²) in [6.45, 7) is 0. The van der Waals surface area contributed by atoms with E-state index in [9.17, 15) is 17.2 Å². The monoisotopic (exact) mass is 239 g/mol. The second-order valence-electron chi connectivity index (χ2n) is 2.62. The molecule has 0 amide bonds. The second-order valence-corrected chi connectivity index (χ2v) is 4.12. The van der Waals surface area contributed by atoms with Gasteiger partial charge in [-0.1, -0.05) is 0 Å². The molecule has 0 aromatic carbocycles. The van der Waals surface area contributed by atoms with Crippen molar-refractivity contribution in [3.8, 4) is 5.75 Å². The SMILES string of the molecule is Nc1c(C(F)F)ncc(O)c1S(N)(=O)=O. The number of primary sulfonamides is 1. The molecule has 0 radical (unpaired) electrons. The highest BCUT2D eigenvalue weighted by Crippen LogP contribution is 2.33. The lowest BCUT2D eigenvalue weighted by molar-refractivity contribution is 0.146. The molecule has 0 aliphatic carbocycles. The number of nitrogens with two attached hydrogens (primary N) is 2. The van der Waals surface area contributed by atoms with Gasteiger partial charge in [-0.15, -0.1) is 0 Å². The van der Waals surface area contributed by atoms with Crippen LogP contribution in [-0.4, -0.2) is 18.5 Å². The summed E-state index contributed by atoms with van der Waals surface area (Å²) in [5, 5.41) is 13.8. The van der Waals surface area contributed by atoms with Crippen molar-refractivity contribution >= 4 is 15.7 Å². The number of alkyl halides is 2. The maximum Gasteiger partial charge on any atom is 0.282 e. The van der Waals surface area contributed by atoms with Gasteiger partial charge in [-0.3, -0.25) is 0 Å². The summed E-state index contributed by atoms with van der Waals surface area (Å²) in [5.41, 5.74) is 3.34. The first-order valence-corrected chi connectivity index (χ1v) is 5.08. The van der Waals surface area contributed by atoms with Crippen molar-refractivity contribution in [1.29, 1.82) is 0 Å². The third kappa shape index (κ3) is 2.13. The minimum atomic E-state index is -4.37. The van der Waals surface area contributed by atoms with E-state index in [2.05, 4.69) is 10.1 Å². The van der Waals surface area contributed by atoms with E-state index in [1.54, 1.807) is 0 Å². The Morgan fingerprint density at radius 3 is 2.40 bits per heavy atom. The number of hydrogen-bond acceptors (Lipinski definition) is 5. The predicted octanol–water partition coefficient (Wildman–Crippen LogP) is -0.0456. The number of aromatic nitrogens is 1. The predicted molar refractivity (Wildman–Crippen MR) is 46.6 cm³/mol. The molecule has 15 heavy (non-hydrogen) atoms. The summed E-state index contributed by atoms with van der Waals surface area (Å²) >= 11 is 0. The lowest BCUT2D eigenvalue weighted by Gasteiger charge is -2.09. The molecule has 0 aliphatic rings. The fourth-order valence-electron chi connectivity index (χ4n) is 0.986. The van der Waals surface area contributed by atoms with E-state index in [4.69, 9.17) is 10.8 Å². The quantitative estimate of drug-likeness (QED) is 0.668. The Kier molecular flexibility index (Phi) is 2.77. The standard InChI is InChI=1S/C6H7F2N3O3S/c7-6(8)4-3(9)5(15(10,13)14)2(12)1-11-4/h1,6,12H,9H2,(H2,10,13,14). The number of sulfonamides is 1. The molecule has 1 aromatic rings. The number of nitrogens with zero attached hydrogens (tertiary/aromatic N) is 1. The molecule has 9 heteroatoms. The van der Waals surface area contributed by atoms with Crippen LogP contribution in [0.2, 0.25) is 0 Å². The van der Waals surface area contributed by atoms with E-state index in [0.29, 0.717) is 6.20 Å². The van der Waals surface area contributed by atoms with Crippen molar-refractivity contribution in [2.24, 2.45) is 5.14 Å². The Labute approximate surface area is 83.6 Å². The van der Waals surface area contributed by atoms with E-state index in [1.807, 2.05) is 0 Å². The molecule has 6 nitrogen and oxygen atoms in total. The molecular weight excluding hydrogens is 232 g/mol. The summed E-state index contributed by atoms with van der Waals surface area (Å²) in [6, 6.07) is 0. The fourth-order valence-corrected chi connectivity index (χ4v) is 1.74. The van der Waals surface area contributed by atoms with Crippen LogP contribution in [0, 0.1) is 0 Å². The third-order valence-electron chi connectivity index (χ3n) is 1.57. The number of halogens is 2. The number of pyridine rings is 1. The summed E-state index contributed by atoms with van der Waals surface area (Å²) < 4.78 is 46.4. The Morgan fingerprint density at radius 1 is 1.47 bits per heavy atom.